The number of ether oxygens (including phenoxy) is 2. The van der Waals surface area contributed by atoms with Crippen LogP contribution in [0.25, 0.3) is 42.7 Å². The van der Waals surface area contributed by atoms with E-state index in [0.29, 0.717) is 10.0 Å². The first-order chi connectivity index (χ1) is 29.6. The highest BCUT2D eigenvalue weighted by molar-refractivity contribution is 9.69. The zero-order valence-electron chi connectivity index (χ0n) is 32.0. The number of halogens is 7. The number of phenolic OH excluding ortho intramolecular Hbond substituents is 1. The number of carbonyl (C=O) groups excluding carboxylic acids is 2. The van der Waals surface area contributed by atoms with Crippen LogP contribution >= 0.6 is 69.9 Å². The van der Waals surface area contributed by atoms with Crippen molar-refractivity contribution in [2.75, 3.05) is 0 Å². The van der Waals surface area contributed by atoms with Gasteiger partial charge >= 0.3 is 3.18 Å². The maximum absolute atomic E-state index is 14.3. The molecule has 0 spiro atoms. The van der Waals surface area contributed by atoms with Gasteiger partial charge in [-0.05, 0) is 89.8 Å². The number of fused-ring (bicyclic) bond motifs is 2. The van der Waals surface area contributed by atoms with Crippen LogP contribution in [-0.2, 0) is 13.2 Å². The summed E-state index contributed by atoms with van der Waals surface area (Å²) in [4.78, 5) is 31.5. The molecule has 8 rings (SSSR count). The molecule has 2 heterocycles. The van der Waals surface area contributed by atoms with Gasteiger partial charge in [0.1, 0.15) is 51.7 Å². The van der Waals surface area contributed by atoms with Crippen molar-refractivity contribution >= 4 is 105 Å². The van der Waals surface area contributed by atoms with Crippen LogP contribution in [-0.4, -0.2) is 30.1 Å². The first-order valence-corrected chi connectivity index (χ1v) is 22.3. The number of nitrogens with zero attached hydrogens (tertiary/aromatic N) is 2. The van der Waals surface area contributed by atoms with E-state index in [4.69, 9.17) is 20.9 Å². The monoisotopic (exact) mass is 1070 g/mol. The van der Waals surface area contributed by atoms with Crippen LogP contribution in [0.1, 0.15) is 36.3 Å². The van der Waals surface area contributed by atoms with Crippen LogP contribution in [0.5, 0.6) is 17.2 Å². The van der Waals surface area contributed by atoms with E-state index >= 15 is 0 Å². The third-order valence-electron chi connectivity index (χ3n) is 8.76. The summed E-state index contributed by atoms with van der Waals surface area (Å²) in [5.41, 5.74) is 15.2. The molecule has 5 N–H and O–H groups in total. The fourth-order valence-corrected chi connectivity index (χ4v) is 7.58. The van der Waals surface area contributed by atoms with Crippen molar-refractivity contribution < 1.29 is 41.7 Å². The second-order valence-electron chi connectivity index (χ2n) is 13.0. The van der Waals surface area contributed by atoms with Crippen LogP contribution in [0.15, 0.2) is 109 Å². The molecule has 2 aromatic heterocycles. The number of primary amides is 2. The first kappa shape index (κ1) is 46.2. The molecule has 9 nitrogen and oxygen atoms in total. The van der Waals surface area contributed by atoms with Crippen molar-refractivity contribution in [1.29, 1.82) is 0 Å². The smallest absolute Gasteiger partial charge is 0.369 e. The molecule has 0 saturated carbocycles. The summed E-state index contributed by atoms with van der Waals surface area (Å²) in [5, 5.41) is 10.6. The Bertz CT molecular complexity index is 2710. The second-order valence-corrected chi connectivity index (χ2v) is 21.7. The third-order valence-corrected chi connectivity index (χ3v) is 10.8. The minimum absolute atomic E-state index is 0.0139. The summed E-state index contributed by atoms with van der Waals surface area (Å²) >= 11 is 12.1. The van der Waals surface area contributed by atoms with Gasteiger partial charge in [0, 0.05) is 0 Å². The minimum Gasteiger partial charge on any atom is -0.508 e. The molecule has 19 heteroatoms. The molecule has 0 radical (unpaired) electrons. The van der Waals surface area contributed by atoms with Gasteiger partial charge in [-0.2, -0.15) is 0 Å². The number of hydrogen-bond donors (Lipinski definition) is 3. The SMILES string of the molecule is BrB(Br)Br.Cc1ccc(-c2ccc3sc(COc4ccc(F)c(C(N)=O)c4F)nc3c2)cc1.NC(=O)c1c(F)ccc(OCc2nc3cc(-c4ccc(O)cc4)ccc3s2)c1F. The van der Waals surface area contributed by atoms with E-state index in [1.807, 2.05) is 43.3 Å². The van der Waals surface area contributed by atoms with Crippen LogP contribution in [0.2, 0.25) is 0 Å². The zero-order chi connectivity index (χ0) is 44.7. The lowest BCUT2D eigenvalue weighted by Gasteiger charge is -2.08. The molecule has 0 saturated heterocycles. The Morgan fingerprint density at radius 2 is 0.984 bits per heavy atom. The first-order valence-electron chi connectivity index (χ1n) is 18.0. The van der Waals surface area contributed by atoms with Crippen molar-refractivity contribution in [3.05, 3.63) is 159 Å². The van der Waals surface area contributed by atoms with E-state index in [2.05, 4.69) is 81.5 Å². The largest absolute Gasteiger partial charge is 0.508 e. The Morgan fingerprint density at radius 3 is 1.37 bits per heavy atom. The molecule has 0 fully saturated rings. The number of benzene rings is 6. The summed E-state index contributed by atoms with van der Waals surface area (Å²) < 4.78 is 68.7. The number of hydrogen-bond acceptors (Lipinski definition) is 9. The number of aromatic hydroxyl groups is 1. The summed E-state index contributed by atoms with van der Waals surface area (Å²) in [6, 6.07) is 30.9. The van der Waals surface area contributed by atoms with Crippen molar-refractivity contribution in [1.82, 2.24) is 9.97 Å². The van der Waals surface area contributed by atoms with E-state index in [0.717, 1.165) is 67.0 Å². The van der Waals surface area contributed by atoms with Crippen LogP contribution < -0.4 is 20.9 Å². The average Bonchev–Trinajstić information content (AvgIpc) is 3.83. The lowest BCUT2D eigenvalue weighted by atomic mass is 10.0. The Kier molecular flexibility index (Phi) is 15.4. The Hall–Kier alpha value is -5.34. The molecule has 316 valence electrons. The normalized spacial score (nSPS) is 10.7. The standard InChI is InChI=1S/C22H16F2N2O2S.C21H14F2N2O3S.BBr3/c1-12-2-4-13(5-3-12)14-6-9-18-16(10-14)26-19(29-18)11-28-17-8-7-15(23)20(21(17)24)22(25)27;22-14-6-7-16(20(23)19(14)21(24)27)28-10-18-25-15-9-12(3-8-17(15)29-18)11-1-4-13(26)5-2-11;2-1(3)4/h2-10H,11H2,1H3,(H2,25,27);1-9,26H,10H2,(H2,24,27);. The molecule has 0 unspecified atom stereocenters. The van der Waals surface area contributed by atoms with Crippen LogP contribution in [0.3, 0.4) is 0 Å². The van der Waals surface area contributed by atoms with Crippen LogP contribution in [0, 0.1) is 30.2 Å². The van der Waals surface area contributed by atoms with Crippen molar-refractivity contribution in [3.63, 3.8) is 0 Å². The van der Waals surface area contributed by atoms with Gasteiger partial charge in [0.2, 0.25) is 0 Å². The molecule has 0 bridgehead atoms. The molecular formula is C43H30BBr3F4N4O5S2. The Labute approximate surface area is 384 Å². The molecule has 2 amide bonds. The predicted molar refractivity (Wildman–Crippen MR) is 247 cm³/mol. The maximum Gasteiger partial charge on any atom is 0.369 e. The van der Waals surface area contributed by atoms with Crippen molar-refractivity contribution in [2.45, 2.75) is 20.1 Å². The number of amides is 2. The van der Waals surface area contributed by atoms with E-state index in [-0.39, 0.29) is 33.6 Å². The van der Waals surface area contributed by atoms with Crippen LogP contribution in [0.4, 0.5) is 17.6 Å². The van der Waals surface area contributed by atoms with Gasteiger partial charge in [-0.15, -0.1) is 69.9 Å². The molecule has 0 aliphatic rings. The van der Waals surface area contributed by atoms with Crippen molar-refractivity contribution in [3.8, 4) is 39.5 Å². The number of carbonyl (C=O) groups is 2. The molecule has 0 aliphatic carbocycles. The predicted octanol–water partition coefficient (Wildman–Crippen LogP) is 12.0. The van der Waals surface area contributed by atoms with E-state index in [9.17, 15) is 32.3 Å². The lowest BCUT2D eigenvalue weighted by molar-refractivity contribution is 0.0982. The highest BCUT2D eigenvalue weighted by atomic mass is 79.9. The fourth-order valence-electron chi connectivity index (χ4n) is 5.85. The maximum atomic E-state index is 14.3. The summed E-state index contributed by atoms with van der Waals surface area (Å²) in [6.45, 7) is 1.98. The number of nitrogens with two attached hydrogens (primary N) is 2. The number of aromatic nitrogens is 2. The Balaban J connectivity index is 0.000000191. The van der Waals surface area contributed by atoms with E-state index in [1.54, 1.807) is 24.3 Å². The van der Waals surface area contributed by atoms with Gasteiger partial charge < -0.3 is 26.0 Å². The topological polar surface area (TPSA) is 151 Å². The number of rotatable bonds is 10. The molecule has 0 aliphatic heterocycles. The lowest BCUT2D eigenvalue weighted by Crippen LogP contribution is -2.16. The van der Waals surface area contributed by atoms with Gasteiger partial charge in [-0.25, -0.2) is 27.5 Å². The summed E-state index contributed by atoms with van der Waals surface area (Å²) in [7, 11) is 0. The van der Waals surface area contributed by atoms with Gasteiger partial charge in [0.25, 0.3) is 11.8 Å². The highest BCUT2D eigenvalue weighted by Gasteiger charge is 2.21. The second kappa shape index (κ2) is 20.7. The van der Waals surface area contributed by atoms with E-state index < -0.39 is 46.2 Å². The highest BCUT2D eigenvalue weighted by Crippen LogP contribution is 2.32. The average molecular weight is 1070 g/mol. The third kappa shape index (κ3) is 11.6. The molecule has 62 heavy (non-hydrogen) atoms. The summed E-state index contributed by atoms with van der Waals surface area (Å²) in [5.74, 6) is -7.02. The van der Waals surface area contributed by atoms with E-state index in [1.165, 1.54) is 28.2 Å². The quantitative estimate of drug-likeness (QED) is 0.0911. The van der Waals surface area contributed by atoms with Gasteiger partial charge in [-0.3, -0.25) is 9.59 Å². The minimum atomic E-state index is -1.20. The molecule has 8 aromatic rings. The number of phenols is 1. The van der Waals surface area contributed by atoms with Gasteiger partial charge in [0.05, 0.1) is 20.4 Å². The zero-order valence-corrected chi connectivity index (χ0v) is 38.4. The van der Waals surface area contributed by atoms with Gasteiger partial charge in [-0.1, -0.05) is 54.1 Å². The Morgan fingerprint density at radius 1 is 0.613 bits per heavy atom. The van der Waals surface area contributed by atoms with Gasteiger partial charge in [0.15, 0.2) is 23.1 Å². The van der Waals surface area contributed by atoms with Crippen molar-refractivity contribution in [2.24, 2.45) is 11.5 Å². The molecule has 0 atom stereocenters. The molecular weight excluding hydrogens is 1040 g/mol. The number of thiazole rings is 2. The summed E-state index contributed by atoms with van der Waals surface area (Å²) in [6.07, 6.45) is 0. The fraction of sp³-hybridized carbons (Fsp3) is 0.0698. The number of aryl methyl sites for hydroxylation is 1. The molecule has 6 aromatic carbocycles.